The summed E-state index contributed by atoms with van der Waals surface area (Å²) in [5.41, 5.74) is 7.98. The van der Waals surface area contributed by atoms with E-state index in [4.69, 9.17) is 5.73 Å². The maximum Gasteiger partial charge on any atom is 0.115 e. The molecule has 0 radical (unpaired) electrons. The van der Waals surface area contributed by atoms with Crippen molar-refractivity contribution >= 4 is 0 Å². The molecule has 0 aromatic heterocycles. The van der Waals surface area contributed by atoms with Crippen molar-refractivity contribution in [2.45, 2.75) is 19.0 Å². The van der Waals surface area contributed by atoms with E-state index in [1.807, 2.05) is 12.1 Å². The lowest BCUT2D eigenvalue weighted by Crippen LogP contribution is -2.16. The fraction of sp³-hybridized carbons (Fsp3) is 0.400. The Kier molecular flexibility index (Phi) is 2.20. The molecule has 1 aromatic carbocycles. The van der Waals surface area contributed by atoms with Crippen molar-refractivity contribution in [2.75, 3.05) is 6.54 Å². The van der Waals surface area contributed by atoms with Gasteiger partial charge in [-0.3, -0.25) is 0 Å². The normalized spacial score (nSPS) is 20.2. The summed E-state index contributed by atoms with van der Waals surface area (Å²) >= 11 is 0. The Morgan fingerprint density at radius 2 is 2.38 bits per heavy atom. The molecule has 1 aliphatic heterocycles. The second kappa shape index (κ2) is 3.36. The van der Waals surface area contributed by atoms with E-state index in [1.165, 1.54) is 11.1 Å². The molecule has 4 N–H and O–H groups in total. The molecule has 2 rings (SSSR count). The lowest BCUT2D eigenvalue weighted by Gasteiger charge is -2.09. The maximum absolute atomic E-state index is 9.26. The summed E-state index contributed by atoms with van der Waals surface area (Å²) < 4.78 is 0. The van der Waals surface area contributed by atoms with E-state index in [0.29, 0.717) is 18.3 Å². The van der Waals surface area contributed by atoms with Gasteiger partial charge in [-0.05, 0) is 36.2 Å². The highest BCUT2D eigenvalue weighted by molar-refractivity contribution is 5.39. The maximum atomic E-state index is 9.26. The van der Waals surface area contributed by atoms with Crippen LogP contribution in [0.25, 0.3) is 0 Å². The first-order chi connectivity index (χ1) is 6.31. The molecule has 0 fully saturated rings. The second-order valence-corrected chi connectivity index (χ2v) is 3.39. The SMILES string of the molecule is NCCC1NCc2cc(O)ccc21. The lowest BCUT2D eigenvalue weighted by atomic mass is 10.0. The lowest BCUT2D eigenvalue weighted by molar-refractivity contribution is 0.474. The number of phenols is 1. The van der Waals surface area contributed by atoms with E-state index in [1.54, 1.807) is 6.07 Å². The summed E-state index contributed by atoms with van der Waals surface area (Å²) in [5.74, 6) is 0.342. The molecule has 0 saturated carbocycles. The summed E-state index contributed by atoms with van der Waals surface area (Å²) in [7, 11) is 0. The van der Waals surface area contributed by atoms with Gasteiger partial charge in [-0.15, -0.1) is 0 Å². The minimum atomic E-state index is 0.342. The predicted molar refractivity (Wildman–Crippen MR) is 51.4 cm³/mol. The van der Waals surface area contributed by atoms with E-state index in [9.17, 15) is 5.11 Å². The summed E-state index contributed by atoms with van der Waals surface area (Å²) in [5, 5.41) is 12.6. The van der Waals surface area contributed by atoms with E-state index < -0.39 is 0 Å². The van der Waals surface area contributed by atoms with Crippen LogP contribution in [0.4, 0.5) is 0 Å². The molecule has 1 aliphatic rings. The standard InChI is InChI=1S/C10H14N2O/c11-4-3-10-9-2-1-8(13)5-7(9)6-12-10/h1-2,5,10,12-13H,3-4,6,11H2. The molecule has 0 bridgehead atoms. The Morgan fingerprint density at radius 3 is 3.15 bits per heavy atom. The van der Waals surface area contributed by atoms with Gasteiger partial charge >= 0.3 is 0 Å². The molecule has 1 atom stereocenters. The molecule has 0 aliphatic carbocycles. The van der Waals surface area contributed by atoms with Gasteiger partial charge in [0, 0.05) is 12.6 Å². The van der Waals surface area contributed by atoms with Crippen molar-refractivity contribution < 1.29 is 5.11 Å². The molecule has 0 amide bonds. The molecule has 0 spiro atoms. The van der Waals surface area contributed by atoms with Crippen LogP contribution in [0.1, 0.15) is 23.6 Å². The number of phenolic OH excluding ortho intramolecular Hbond substituents is 1. The number of hydrogen-bond acceptors (Lipinski definition) is 3. The Bertz CT molecular complexity index is 312. The van der Waals surface area contributed by atoms with Crippen LogP contribution < -0.4 is 11.1 Å². The molecular weight excluding hydrogens is 164 g/mol. The quantitative estimate of drug-likeness (QED) is 0.630. The first-order valence-electron chi connectivity index (χ1n) is 4.56. The van der Waals surface area contributed by atoms with Crippen LogP contribution in [-0.2, 0) is 6.54 Å². The summed E-state index contributed by atoms with van der Waals surface area (Å²) in [6.45, 7) is 1.53. The third-order valence-corrected chi connectivity index (χ3v) is 2.50. The van der Waals surface area contributed by atoms with Gasteiger partial charge in [0.2, 0.25) is 0 Å². The molecule has 1 aromatic rings. The highest BCUT2D eigenvalue weighted by Gasteiger charge is 2.20. The number of hydrogen-bond donors (Lipinski definition) is 3. The molecule has 70 valence electrons. The first-order valence-corrected chi connectivity index (χ1v) is 4.56. The van der Waals surface area contributed by atoms with Crippen molar-refractivity contribution in [1.82, 2.24) is 5.32 Å². The van der Waals surface area contributed by atoms with Gasteiger partial charge in [0.1, 0.15) is 5.75 Å². The number of nitrogens with two attached hydrogens (primary N) is 1. The zero-order valence-electron chi connectivity index (χ0n) is 7.46. The Balaban J connectivity index is 2.27. The molecule has 3 nitrogen and oxygen atoms in total. The number of rotatable bonds is 2. The zero-order valence-corrected chi connectivity index (χ0v) is 7.46. The second-order valence-electron chi connectivity index (χ2n) is 3.39. The van der Waals surface area contributed by atoms with E-state index in [-0.39, 0.29) is 0 Å². The van der Waals surface area contributed by atoms with Crippen molar-refractivity contribution in [1.29, 1.82) is 0 Å². The molecule has 0 saturated heterocycles. The Labute approximate surface area is 77.6 Å². The molecule has 1 unspecified atom stereocenters. The van der Waals surface area contributed by atoms with Crippen LogP contribution in [0.2, 0.25) is 0 Å². The third-order valence-electron chi connectivity index (χ3n) is 2.50. The molecule has 13 heavy (non-hydrogen) atoms. The van der Waals surface area contributed by atoms with E-state index in [2.05, 4.69) is 5.32 Å². The van der Waals surface area contributed by atoms with Crippen LogP contribution in [0.5, 0.6) is 5.75 Å². The fourth-order valence-corrected chi connectivity index (χ4v) is 1.85. The van der Waals surface area contributed by atoms with Gasteiger partial charge in [0.15, 0.2) is 0 Å². The van der Waals surface area contributed by atoms with Crippen LogP contribution >= 0.6 is 0 Å². The van der Waals surface area contributed by atoms with Crippen LogP contribution in [0.15, 0.2) is 18.2 Å². The van der Waals surface area contributed by atoms with E-state index >= 15 is 0 Å². The van der Waals surface area contributed by atoms with Gasteiger partial charge < -0.3 is 16.2 Å². The molecular formula is C10H14N2O. The molecule has 3 heteroatoms. The van der Waals surface area contributed by atoms with Crippen LogP contribution in [-0.4, -0.2) is 11.7 Å². The average molecular weight is 178 g/mol. The molecule has 1 heterocycles. The van der Waals surface area contributed by atoms with Gasteiger partial charge in [-0.1, -0.05) is 6.07 Å². The van der Waals surface area contributed by atoms with Crippen molar-refractivity contribution in [2.24, 2.45) is 5.73 Å². The minimum Gasteiger partial charge on any atom is -0.508 e. The summed E-state index contributed by atoms with van der Waals surface area (Å²) in [6, 6.07) is 5.90. The van der Waals surface area contributed by atoms with Gasteiger partial charge in [0.25, 0.3) is 0 Å². The third kappa shape index (κ3) is 1.53. The predicted octanol–water partition coefficient (Wildman–Crippen LogP) is 0.885. The average Bonchev–Trinajstić information content (AvgIpc) is 2.49. The van der Waals surface area contributed by atoms with E-state index in [0.717, 1.165) is 13.0 Å². The minimum absolute atomic E-state index is 0.342. The number of benzene rings is 1. The Hall–Kier alpha value is -1.06. The summed E-state index contributed by atoms with van der Waals surface area (Å²) in [4.78, 5) is 0. The zero-order chi connectivity index (χ0) is 9.26. The monoisotopic (exact) mass is 178 g/mol. The van der Waals surface area contributed by atoms with Gasteiger partial charge in [0.05, 0.1) is 0 Å². The Morgan fingerprint density at radius 1 is 1.54 bits per heavy atom. The topological polar surface area (TPSA) is 58.3 Å². The highest BCUT2D eigenvalue weighted by Crippen LogP contribution is 2.29. The number of nitrogens with one attached hydrogen (secondary N) is 1. The summed E-state index contributed by atoms with van der Waals surface area (Å²) in [6.07, 6.45) is 0.956. The van der Waals surface area contributed by atoms with Crippen molar-refractivity contribution in [3.63, 3.8) is 0 Å². The highest BCUT2D eigenvalue weighted by atomic mass is 16.3. The largest absolute Gasteiger partial charge is 0.508 e. The number of fused-ring (bicyclic) bond motifs is 1. The number of aromatic hydroxyl groups is 1. The van der Waals surface area contributed by atoms with Gasteiger partial charge in [-0.2, -0.15) is 0 Å². The van der Waals surface area contributed by atoms with Crippen molar-refractivity contribution in [3.05, 3.63) is 29.3 Å². The first kappa shape index (κ1) is 8.53. The van der Waals surface area contributed by atoms with Gasteiger partial charge in [-0.25, -0.2) is 0 Å². The smallest absolute Gasteiger partial charge is 0.115 e. The fourth-order valence-electron chi connectivity index (χ4n) is 1.85. The van der Waals surface area contributed by atoms with Crippen LogP contribution in [0.3, 0.4) is 0 Å². The van der Waals surface area contributed by atoms with Crippen molar-refractivity contribution in [3.8, 4) is 5.75 Å². The van der Waals surface area contributed by atoms with Crippen LogP contribution in [0, 0.1) is 0 Å².